The summed E-state index contributed by atoms with van der Waals surface area (Å²) in [6, 6.07) is 0. The second-order valence-electron chi connectivity index (χ2n) is 4.83. The Balaban J connectivity index is 2.00. The molecule has 1 fully saturated rings. The minimum atomic E-state index is -0.736. The van der Waals surface area contributed by atoms with E-state index in [-0.39, 0.29) is 23.3 Å². The molecular formula is C13H18ClN7O3. The highest BCUT2D eigenvalue weighted by Gasteiger charge is 2.21. The summed E-state index contributed by atoms with van der Waals surface area (Å²) in [6.45, 7) is 3.51. The van der Waals surface area contributed by atoms with Gasteiger partial charge in [-0.1, -0.05) is 11.6 Å². The molecule has 24 heavy (non-hydrogen) atoms. The first-order valence-electron chi connectivity index (χ1n) is 7.36. The minimum absolute atomic E-state index is 0.0365. The van der Waals surface area contributed by atoms with Gasteiger partial charge in [-0.15, -0.1) is 0 Å². The number of hydrogen-bond donors (Lipinski definition) is 3. The molecule has 1 aromatic heterocycles. The molecule has 0 spiro atoms. The molecule has 11 heteroatoms. The van der Waals surface area contributed by atoms with Gasteiger partial charge in [-0.3, -0.25) is 4.79 Å². The second kappa shape index (κ2) is 8.29. The Kier molecular flexibility index (Phi) is 6.13. The average Bonchev–Trinajstić information content (AvgIpc) is 3.07. The van der Waals surface area contributed by atoms with E-state index in [1.807, 2.05) is 4.90 Å². The Morgan fingerprint density at radius 2 is 2.12 bits per heavy atom. The molecule has 1 aromatic rings. The van der Waals surface area contributed by atoms with Gasteiger partial charge >= 0.3 is 6.09 Å². The number of aromatic nitrogens is 2. The van der Waals surface area contributed by atoms with Crippen LogP contribution in [0.3, 0.4) is 0 Å². The molecule has 0 aromatic carbocycles. The normalized spacial score (nSPS) is 14.0. The van der Waals surface area contributed by atoms with E-state index in [0.29, 0.717) is 5.82 Å². The van der Waals surface area contributed by atoms with E-state index in [1.165, 1.54) is 0 Å². The van der Waals surface area contributed by atoms with Crippen LogP contribution in [0.4, 0.5) is 16.4 Å². The van der Waals surface area contributed by atoms with Crippen molar-refractivity contribution in [2.75, 3.05) is 30.3 Å². The molecule has 2 heterocycles. The van der Waals surface area contributed by atoms with Gasteiger partial charge in [0.2, 0.25) is 0 Å². The topological polar surface area (TPSA) is 135 Å². The lowest BCUT2D eigenvalue weighted by Gasteiger charge is -2.18. The molecule has 10 nitrogen and oxygen atoms in total. The highest BCUT2D eigenvalue weighted by atomic mass is 35.5. The van der Waals surface area contributed by atoms with E-state index >= 15 is 0 Å². The quantitative estimate of drug-likeness (QED) is 0.402. The molecule has 2 amide bonds. The van der Waals surface area contributed by atoms with Gasteiger partial charge in [-0.05, 0) is 19.8 Å². The fourth-order valence-electron chi connectivity index (χ4n) is 2.12. The largest absolute Gasteiger partial charge is 0.449 e. The van der Waals surface area contributed by atoms with Gasteiger partial charge in [0.05, 0.1) is 6.61 Å². The van der Waals surface area contributed by atoms with Crippen molar-refractivity contribution in [1.82, 2.24) is 20.7 Å². The van der Waals surface area contributed by atoms with Gasteiger partial charge in [-0.2, -0.15) is 5.10 Å². The van der Waals surface area contributed by atoms with E-state index in [0.717, 1.165) is 32.3 Å². The molecule has 130 valence electrons. The zero-order valence-electron chi connectivity index (χ0n) is 13.1. The zero-order chi connectivity index (χ0) is 17.5. The molecule has 0 radical (unpaired) electrons. The van der Waals surface area contributed by atoms with Crippen LogP contribution in [0.1, 0.15) is 30.3 Å². The van der Waals surface area contributed by atoms with Crippen molar-refractivity contribution in [3.05, 3.63) is 10.8 Å². The number of carbonyl (C=O) groups is 2. The summed E-state index contributed by atoms with van der Waals surface area (Å²) in [7, 11) is 0. The highest BCUT2D eigenvalue weighted by Crippen LogP contribution is 2.27. The Bertz CT molecular complexity index is 647. The highest BCUT2D eigenvalue weighted by molar-refractivity contribution is 6.32. The number of halogens is 1. The van der Waals surface area contributed by atoms with E-state index in [2.05, 4.69) is 30.5 Å². The minimum Gasteiger partial charge on any atom is -0.449 e. The molecule has 0 aliphatic carbocycles. The number of nitrogens with one attached hydrogen (secondary N) is 2. The van der Waals surface area contributed by atoms with Crippen molar-refractivity contribution in [3.8, 4) is 0 Å². The van der Waals surface area contributed by atoms with Crippen LogP contribution in [0.5, 0.6) is 0 Å². The van der Waals surface area contributed by atoms with Crippen LogP contribution in [0, 0.1) is 0 Å². The Labute approximate surface area is 143 Å². The summed E-state index contributed by atoms with van der Waals surface area (Å²) in [5, 5.41) is 5.88. The second-order valence-corrected chi connectivity index (χ2v) is 5.19. The third-order valence-corrected chi connectivity index (χ3v) is 3.43. The van der Waals surface area contributed by atoms with Crippen LogP contribution < -0.4 is 21.4 Å². The van der Waals surface area contributed by atoms with Gasteiger partial charge in [0.1, 0.15) is 6.34 Å². The summed E-state index contributed by atoms with van der Waals surface area (Å²) in [4.78, 5) is 33.2. The monoisotopic (exact) mass is 355 g/mol. The van der Waals surface area contributed by atoms with Crippen LogP contribution in [-0.2, 0) is 4.74 Å². The molecular weight excluding hydrogens is 338 g/mol. The molecule has 1 aliphatic heterocycles. The number of nitrogens with zero attached hydrogens (tertiary/aromatic N) is 4. The summed E-state index contributed by atoms with van der Waals surface area (Å²) < 4.78 is 4.59. The van der Waals surface area contributed by atoms with Gasteiger partial charge in [0, 0.05) is 13.1 Å². The summed E-state index contributed by atoms with van der Waals surface area (Å²) in [5.74, 6) is -0.212. The van der Waals surface area contributed by atoms with Crippen LogP contribution in [-0.4, -0.2) is 48.0 Å². The van der Waals surface area contributed by atoms with Crippen LogP contribution in [0.2, 0.25) is 5.15 Å². The Morgan fingerprint density at radius 1 is 1.42 bits per heavy atom. The number of carbonyl (C=O) groups excluding carboxylic acids is 2. The maximum Gasteiger partial charge on any atom is 0.427 e. The third-order valence-electron chi connectivity index (χ3n) is 3.18. The number of hydrogen-bond acceptors (Lipinski definition) is 8. The molecule has 4 N–H and O–H groups in total. The van der Waals surface area contributed by atoms with Gasteiger partial charge in [0.25, 0.3) is 5.91 Å². The summed E-state index contributed by atoms with van der Waals surface area (Å²) in [6.07, 6.45) is 2.33. The first-order valence-corrected chi connectivity index (χ1v) is 7.73. The van der Waals surface area contributed by atoms with Crippen molar-refractivity contribution in [2.24, 2.45) is 5.10 Å². The van der Waals surface area contributed by atoms with Crippen molar-refractivity contribution >= 4 is 41.6 Å². The summed E-state index contributed by atoms with van der Waals surface area (Å²) in [5.41, 5.74) is 7.73. The number of hydrazone groups is 1. The SMILES string of the molecule is CCOC(=O)NN=CNC(=O)c1nc(Cl)c(N2CCCC2)nc1N. The molecule has 0 bridgehead atoms. The molecule has 0 unspecified atom stereocenters. The van der Waals surface area contributed by atoms with Gasteiger partial charge in [0.15, 0.2) is 22.5 Å². The van der Waals surface area contributed by atoms with Crippen molar-refractivity contribution in [3.63, 3.8) is 0 Å². The first kappa shape index (κ1) is 17.7. The van der Waals surface area contributed by atoms with Gasteiger partial charge < -0.3 is 20.7 Å². The number of rotatable bonds is 5. The summed E-state index contributed by atoms with van der Waals surface area (Å²) >= 11 is 6.11. The third kappa shape index (κ3) is 4.44. The predicted molar refractivity (Wildman–Crippen MR) is 89.0 cm³/mol. The smallest absolute Gasteiger partial charge is 0.427 e. The average molecular weight is 356 g/mol. The zero-order valence-corrected chi connectivity index (χ0v) is 13.8. The lowest BCUT2D eigenvalue weighted by molar-refractivity contribution is 0.0973. The first-order chi connectivity index (χ1) is 11.5. The van der Waals surface area contributed by atoms with Crippen LogP contribution >= 0.6 is 11.6 Å². The maximum absolute atomic E-state index is 12.0. The van der Waals surface area contributed by atoms with E-state index in [1.54, 1.807) is 6.92 Å². The Morgan fingerprint density at radius 3 is 2.79 bits per heavy atom. The molecule has 0 saturated carbocycles. The predicted octanol–water partition coefficient (Wildman–Crippen LogP) is 0.732. The van der Waals surface area contributed by atoms with Crippen molar-refractivity contribution in [1.29, 1.82) is 0 Å². The number of nitrogen functional groups attached to an aromatic ring is 1. The number of anilines is 2. The van der Waals surface area contributed by atoms with Crippen LogP contribution in [0.25, 0.3) is 0 Å². The van der Waals surface area contributed by atoms with E-state index in [9.17, 15) is 9.59 Å². The number of amides is 2. The van der Waals surface area contributed by atoms with Crippen molar-refractivity contribution in [2.45, 2.75) is 19.8 Å². The van der Waals surface area contributed by atoms with E-state index < -0.39 is 12.0 Å². The molecule has 2 rings (SSSR count). The molecule has 1 saturated heterocycles. The fourth-order valence-corrected chi connectivity index (χ4v) is 2.37. The Hall–Kier alpha value is -2.62. The van der Waals surface area contributed by atoms with Crippen molar-refractivity contribution < 1.29 is 14.3 Å². The lowest BCUT2D eigenvalue weighted by Crippen LogP contribution is -2.28. The number of nitrogens with two attached hydrogens (primary N) is 1. The van der Waals surface area contributed by atoms with Crippen LogP contribution in [0.15, 0.2) is 5.10 Å². The molecule has 0 atom stereocenters. The van der Waals surface area contributed by atoms with Gasteiger partial charge in [-0.25, -0.2) is 20.2 Å². The van der Waals surface area contributed by atoms with E-state index in [4.69, 9.17) is 17.3 Å². The number of ether oxygens (including phenoxy) is 1. The maximum atomic E-state index is 12.0. The lowest BCUT2D eigenvalue weighted by atomic mass is 10.3. The molecule has 1 aliphatic rings. The fraction of sp³-hybridized carbons (Fsp3) is 0.462. The standard InChI is InChI=1S/C13H18ClN7O3/c1-2-24-13(23)20-17-7-16-12(22)8-10(15)19-11(9(14)18-8)21-5-3-4-6-21/h7H,2-6H2,1H3,(H2,15,19)(H,20,23)(H,16,17,22).